The third kappa shape index (κ3) is 3.58. The number of nitrogens with zero attached hydrogens (tertiary/aromatic N) is 1. The van der Waals surface area contributed by atoms with E-state index >= 15 is 0 Å². The van der Waals surface area contributed by atoms with Crippen molar-refractivity contribution >= 4 is 17.9 Å². The van der Waals surface area contributed by atoms with E-state index in [-0.39, 0.29) is 54.4 Å². The number of morpholine rings is 1. The molecule has 4 aliphatic heterocycles. The Morgan fingerprint density at radius 3 is 2.61 bits per heavy atom. The van der Waals surface area contributed by atoms with Gasteiger partial charge >= 0.3 is 17.9 Å². The number of esters is 3. The number of carbonyl (C=O) groups excluding carboxylic acids is 3. The molecule has 0 radical (unpaired) electrons. The molecule has 182 valence electrons. The van der Waals surface area contributed by atoms with Crippen molar-refractivity contribution in [3.8, 4) is 0 Å². The second kappa shape index (κ2) is 7.92. The molecular formula is C24H33NO8. The molecule has 2 saturated carbocycles. The zero-order valence-electron chi connectivity index (χ0n) is 19.3. The van der Waals surface area contributed by atoms with E-state index < -0.39 is 29.6 Å². The number of hydrogen-bond donors (Lipinski definition) is 0. The molecule has 0 aromatic rings. The molecule has 0 amide bonds. The van der Waals surface area contributed by atoms with Crippen molar-refractivity contribution < 1.29 is 38.1 Å². The van der Waals surface area contributed by atoms with Crippen LogP contribution in [0, 0.1) is 29.6 Å². The lowest BCUT2D eigenvalue weighted by molar-refractivity contribution is -0.178. The molecule has 9 nitrogen and oxygen atoms in total. The molecule has 9 heteroatoms. The highest BCUT2D eigenvalue weighted by Crippen LogP contribution is 2.59. The van der Waals surface area contributed by atoms with Gasteiger partial charge in [-0.3, -0.25) is 19.3 Å². The zero-order valence-corrected chi connectivity index (χ0v) is 19.3. The lowest BCUT2D eigenvalue weighted by Gasteiger charge is -2.38. The molecule has 9 unspecified atom stereocenters. The molecule has 4 saturated heterocycles. The van der Waals surface area contributed by atoms with Gasteiger partial charge in [-0.2, -0.15) is 0 Å². The summed E-state index contributed by atoms with van der Waals surface area (Å²) in [6.45, 7) is 6.63. The van der Waals surface area contributed by atoms with Gasteiger partial charge < -0.3 is 23.7 Å². The molecule has 2 aliphatic carbocycles. The summed E-state index contributed by atoms with van der Waals surface area (Å²) in [4.78, 5) is 40.8. The highest BCUT2D eigenvalue weighted by Gasteiger charge is 2.70. The number of rotatable bonds is 6. The highest BCUT2D eigenvalue weighted by atomic mass is 16.6. The monoisotopic (exact) mass is 463 g/mol. The van der Waals surface area contributed by atoms with Crippen LogP contribution in [0.1, 0.15) is 39.5 Å². The predicted octanol–water partition coefficient (Wildman–Crippen LogP) is 0.927. The van der Waals surface area contributed by atoms with Crippen LogP contribution in [-0.2, 0) is 38.1 Å². The van der Waals surface area contributed by atoms with Gasteiger partial charge in [0.05, 0.1) is 43.8 Å². The highest BCUT2D eigenvalue weighted by molar-refractivity contribution is 5.86. The quantitative estimate of drug-likeness (QED) is 0.421. The molecule has 6 aliphatic rings. The van der Waals surface area contributed by atoms with Crippen molar-refractivity contribution in [2.24, 2.45) is 29.6 Å². The van der Waals surface area contributed by atoms with Crippen molar-refractivity contribution in [1.29, 1.82) is 0 Å². The summed E-state index contributed by atoms with van der Waals surface area (Å²) in [6, 6.07) is 0. The van der Waals surface area contributed by atoms with E-state index in [2.05, 4.69) is 0 Å². The Labute approximate surface area is 193 Å². The Balaban J connectivity index is 1.14. The minimum absolute atomic E-state index is 0.0878. The molecule has 6 rings (SSSR count). The fourth-order valence-corrected chi connectivity index (χ4v) is 7.37. The fraction of sp³-hybridized carbons (Fsp3) is 0.875. The van der Waals surface area contributed by atoms with Gasteiger partial charge in [-0.05, 0) is 39.5 Å². The van der Waals surface area contributed by atoms with Crippen LogP contribution in [-0.4, -0.2) is 85.7 Å². The van der Waals surface area contributed by atoms with Crippen LogP contribution in [0.5, 0.6) is 0 Å². The molecule has 0 aromatic heterocycles. The van der Waals surface area contributed by atoms with Gasteiger partial charge in [-0.25, -0.2) is 0 Å². The predicted molar refractivity (Wildman–Crippen MR) is 112 cm³/mol. The Morgan fingerprint density at radius 2 is 1.91 bits per heavy atom. The summed E-state index contributed by atoms with van der Waals surface area (Å²) in [5, 5.41) is 0. The second-order valence-corrected chi connectivity index (χ2v) is 11.1. The van der Waals surface area contributed by atoms with Crippen molar-refractivity contribution in [1.82, 2.24) is 4.90 Å². The fourth-order valence-electron chi connectivity index (χ4n) is 7.37. The maximum absolute atomic E-state index is 13.5. The standard InChI is InChI=1S/C24H33NO8/c1-24(2,15-9-12-3-4-16(15)30-12)33-23(28)19-14-10-13-18(19)22(27)32-21(13)20(14)31-17(26)11-25-5-7-29-8-6-25/h12-16,18-21H,3-11H2,1-2H3. The number of fused-ring (bicyclic) bond motifs is 3. The Bertz CT molecular complexity index is 838. The average Bonchev–Trinajstić information content (AvgIpc) is 3.56. The van der Waals surface area contributed by atoms with Crippen LogP contribution >= 0.6 is 0 Å². The number of hydrogen-bond acceptors (Lipinski definition) is 9. The third-order valence-corrected chi connectivity index (χ3v) is 8.90. The van der Waals surface area contributed by atoms with Gasteiger partial charge in [0.25, 0.3) is 0 Å². The van der Waals surface area contributed by atoms with E-state index in [0.717, 1.165) is 19.3 Å². The van der Waals surface area contributed by atoms with Crippen LogP contribution in [0.2, 0.25) is 0 Å². The molecule has 33 heavy (non-hydrogen) atoms. The summed E-state index contributed by atoms with van der Waals surface area (Å²) in [5.74, 6) is -2.37. The SMILES string of the molecule is CC(C)(OC(=O)C1C2CC3C(OC(=O)C31)C2OC(=O)CN1CCOCC1)C1CC2CCC1O2. The van der Waals surface area contributed by atoms with E-state index in [0.29, 0.717) is 32.7 Å². The third-order valence-electron chi connectivity index (χ3n) is 8.90. The van der Waals surface area contributed by atoms with Crippen LogP contribution in [0.15, 0.2) is 0 Å². The van der Waals surface area contributed by atoms with Crippen molar-refractivity contribution in [3.05, 3.63) is 0 Å². The Kier molecular flexibility index (Phi) is 5.23. The molecule has 4 heterocycles. The van der Waals surface area contributed by atoms with Crippen molar-refractivity contribution in [3.63, 3.8) is 0 Å². The first kappa shape index (κ1) is 21.8. The van der Waals surface area contributed by atoms with Crippen LogP contribution in [0.4, 0.5) is 0 Å². The second-order valence-electron chi connectivity index (χ2n) is 11.1. The molecular weight excluding hydrogens is 430 g/mol. The van der Waals surface area contributed by atoms with Gasteiger partial charge in [0.2, 0.25) is 0 Å². The molecule has 0 aromatic carbocycles. The van der Waals surface area contributed by atoms with E-state index in [1.54, 1.807) is 0 Å². The Hall–Kier alpha value is -1.71. The first-order chi connectivity index (χ1) is 15.8. The summed E-state index contributed by atoms with van der Waals surface area (Å²) in [6.07, 6.45) is 2.99. The van der Waals surface area contributed by atoms with E-state index in [1.807, 2.05) is 18.7 Å². The topological polar surface area (TPSA) is 101 Å². The molecule has 0 spiro atoms. The zero-order chi connectivity index (χ0) is 22.9. The first-order valence-electron chi connectivity index (χ1n) is 12.4. The lowest BCUT2D eigenvalue weighted by atomic mass is 9.77. The lowest BCUT2D eigenvalue weighted by Crippen LogP contribution is -2.48. The number of ether oxygens (including phenoxy) is 5. The molecule has 0 N–H and O–H groups in total. The maximum atomic E-state index is 13.5. The van der Waals surface area contributed by atoms with Crippen molar-refractivity contribution in [2.45, 2.75) is 69.5 Å². The first-order valence-corrected chi connectivity index (χ1v) is 12.4. The number of carbonyl (C=O) groups is 3. The van der Waals surface area contributed by atoms with Crippen molar-refractivity contribution in [2.75, 3.05) is 32.8 Å². The van der Waals surface area contributed by atoms with Gasteiger partial charge in [0.15, 0.2) is 0 Å². The average molecular weight is 464 g/mol. The molecule has 6 fully saturated rings. The van der Waals surface area contributed by atoms with E-state index in [1.165, 1.54) is 0 Å². The van der Waals surface area contributed by atoms with Crippen LogP contribution in [0.3, 0.4) is 0 Å². The van der Waals surface area contributed by atoms with E-state index in [4.69, 9.17) is 23.7 Å². The largest absolute Gasteiger partial charge is 0.459 e. The maximum Gasteiger partial charge on any atom is 0.320 e. The van der Waals surface area contributed by atoms with Gasteiger partial charge in [-0.1, -0.05) is 0 Å². The van der Waals surface area contributed by atoms with E-state index in [9.17, 15) is 14.4 Å². The van der Waals surface area contributed by atoms with Crippen LogP contribution in [0.25, 0.3) is 0 Å². The van der Waals surface area contributed by atoms with Crippen LogP contribution < -0.4 is 0 Å². The minimum atomic E-state index is -0.677. The summed E-state index contributed by atoms with van der Waals surface area (Å²) >= 11 is 0. The van der Waals surface area contributed by atoms with Gasteiger partial charge in [0.1, 0.15) is 17.8 Å². The summed E-state index contributed by atoms with van der Waals surface area (Å²) in [7, 11) is 0. The van der Waals surface area contributed by atoms with Gasteiger partial charge in [0, 0.05) is 30.8 Å². The normalized spacial score (nSPS) is 43.7. The minimum Gasteiger partial charge on any atom is -0.459 e. The van der Waals surface area contributed by atoms with Gasteiger partial charge in [-0.15, -0.1) is 0 Å². The molecule has 9 atom stereocenters. The summed E-state index contributed by atoms with van der Waals surface area (Å²) in [5.41, 5.74) is -0.677. The Morgan fingerprint density at radius 1 is 1.12 bits per heavy atom. The smallest absolute Gasteiger partial charge is 0.320 e. The molecule has 4 bridgehead atoms. The summed E-state index contributed by atoms with van der Waals surface area (Å²) < 4.78 is 28.9.